The lowest BCUT2D eigenvalue weighted by Crippen LogP contribution is -2.61. The predicted octanol–water partition coefficient (Wildman–Crippen LogP) is 16.8. The van der Waals surface area contributed by atoms with Crippen molar-refractivity contribution >= 4 is 28.2 Å². The van der Waals surface area contributed by atoms with E-state index in [1.165, 1.54) is 19.6 Å². The Kier molecular flexibility index (Phi) is 15.2. The molecule has 4 aliphatic rings. The zero-order valence-corrected chi connectivity index (χ0v) is 46.4. The highest BCUT2D eigenvalue weighted by atomic mass is 28.4. The molecule has 0 heterocycles. The molecule has 0 aromatic heterocycles. The fourth-order valence-corrected chi connectivity index (χ4v) is 15.8. The Bertz CT molecular complexity index is 2340. The van der Waals surface area contributed by atoms with Crippen LogP contribution in [0.1, 0.15) is 187 Å². The second-order valence-corrected chi connectivity index (χ2v) is 33.7. The average Bonchev–Trinajstić information content (AvgIpc) is 1.43. The number of aliphatic hydroxyl groups is 2. The van der Waals surface area contributed by atoms with Gasteiger partial charge in [-0.05, 0) is 202 Å². The summed E-state index contributed by atoms with van der Waals surface area (Å²) in [5.41, 5.74) is -18.5. The molecular weight excluding hydrogens is 1030 g/mol. The summed E-state index contributed by atoms with van der Waals surface area (Å²) in [6.45, 7) is 3.18. The summed E-state index contributed by atoms with van der Waals surface area (Å²) in [4.78, 5) is 25.6. The van der Waals surface area contributed by atoms with E-state index >= 15 is 0 Å². The molecule has 0 aromatic carbocycles. The van der Waals surface area contributed by atoms with E-state index in [9.17, 15) is 72.5 Å². The molecule has 0 spiro atoms. The van der Waals surface area contributed by atoms with E-state index in [2.05, 4.69) is 0 Å². The van der Waals surface area contributed by atoms with Gasteiger partial charge in [-0.15, -0.1) is 0 Å². The van der Waals surface area contributed by atoms with E-state index in [-0.39, 0.29) is 79.5 Å². The SMILES string of the molecule is [2H]C([2H])([2H])C(CCCC(C)(C/C=C\C(O[Si](C)(C)C)(C(F)(F)F)C(F)(F)F)[C@H]1CCC2C(=O)CCC[C@@]21C)(O[Si](C)(C)C)C([2H])([2H])[2H].[2H]C([2H])([2H])C(O)(CCCC(C)(C/C=C\C(O)(C(F)(F)F)C(F)(F)F)[C@H]1CCC2C(=O)CCC[C@@]21C)C([2H])([2H])[2H]. The first kappa shape index (κ1) is 49.3. The van der Waals surface area contributed by atoms with E-state index in [0.29, 0.717) is 70.3 Å². The van der Waals surface area contributed by atoms with E-state index in [1.54, 1.807) is 33.5 Å². The summed E-state index contributed by atoms with van der Waals surface area (Å²) >= 11 is 0. The van der Waals surface area contributed by atoms with Gasteiger partial charge in [0.2, 0.25) is 0 Å². The van der Waals surface area contributed by atoms with Gasteiger partial charge in [0.15, 0.2) is 16.6 Å². The standard InChI is InChI=1S/C30H52F6O3Si2.C24H36F6O3/c1-25(2,38-40(5,6)7)17-12-18-26(3,24-16-15-22-23(37)14-11-20-27(22,24)4)19-13-21-28(29(31,32)33,30(34,35)36)39-41(8,9)10;1-19(2,32)11-6-12-20(3,13-7-15-22(33,23(25,26)27)24(28,29)30)18-10-9-16-17(31)8-5-14-21(16,18)4/h13,21-22,24H,11-12,14-20H2,1-10H3;7,15-16,18,32-33H,5-6,8-14H2,1-4H3/b21-13-;15-7-/t22?,24-,26?,27+;16?,18-,20?,21+/m11/s1/i2*1D3,2D3. The molecule has 0 amide bonds. The number of fused-ring (bicyclic) bond motifs is 2. The first-order valence-corrected chi connectivity index (χ1v) is 32.3. The Morgan fingerprint density at radius 2 is 0.973 bits per heavy atom. The average molecular weight is 1130 g/mol. The van der Waals surface area contributed by atoms with Crippen molar-refractivity contribution in [3.05, 3.63) is 24.3 Å². The zero-order chi connectivity index (χ0) is 67.4. The lowest BCUT2D eigenvalue weighted by molar-refractivity contribution is -0.347. The Morgan fingerprint density at radius 3 is 1.32 bits per heavy atom. The molecule has 0 aliphatic heterocycles. The predicted molar refractivity (Wildman–Crippen MR) is 269 cm³/mol. The van der Waals surface area contributed by atoms with E-state index in [0.717, 1.165) is 6.08 Å². The lowest BCUT2D eigenvalue weighted by atomic mass is 9.56. The van der Waals surface area contributed by atoms with Crippen LogP contribution in [-0.4, -0.2) is 85.5 Å². The van der Waals surface area contributed by atoms with Gasteiger partial charge in [0.1, 0.15) is 11.6 Å². The first-order chi connectivity index (χ1) is 38.0. The number of carbonyl (C=O) groups is 2. The maximum Gasteiger partial charge on any atom is 0.429 e. The van der Waals surface area contributed by atoms with Gasteiger partial charge >= 0.3 is 24.7 Å². The van der Waals surface area contributed by atoms with Crippen LogP contribution in [-0.2, 0) is 18.4 Å². The minimum atomic E-state index is -6.05. The fraction of sp³-hybridized carbons (Fsp3) is 0.889. The molecule has 8 atom stereocenters. The van der Waals surface area contributed by atoms with Crippen molar-refractivity contribution in [1.82, 2.24) is 0 Å². The van der Waals surface area contributed by atoms with Crippen molar-refractivity contribution < 1.29 is 97.8 Å². The smallest absolute Gasteiger partial charge is 0.413 e. The molecule has 20 heteroatoms. The van der Waals surface area contributed by atoms with Crippen molar-refractivity contribution in [2.24, 2.45) is 45.3 Å². The van der Waals surface area contributed by atoms with Gasteiger partial charge in [-0.1, -0.05) is 52.7 Å². The van der Waals surface area contributed by atoms with Crippen LogP contribution in [0.4, 0.5) is 52.7 Å². The Morgan fingerprint density at radius 1 is 0.581 bits per heavy atom. The third kappa shape index (κ3) is 15.8. The lowest BCUT2D eigenvalue weighted by Gasteiger charge is -2.48. The molecule has 432 valence electrons. The second-order valence-electron chi connectivity index (χ2n) is 24.9. The van der Waals surface area contributed by atoms with Crippen molar-refractivity contribution in [1.29, 1.82) is 0 Å². The van der Waals surface area contributed by atoms with Crippen molar-refractivity contribution in [3.8, 4) is 0 Å². The molecule has 4 fully saturated rings. The van der Waals surface area contributed by atoms with Crippen molar-refractivity contribution in [2.75, 3.05) is 0 Å². The van der Waals surface area contributed by atoms with Gasteiger partial charge < -0.3 is 19.1 Å². The highest BCUT2D eigenvalue weighted by Crippen LogP contribution is 2.64. The van der Waals surface area contributed by atoms with Crippen molar-refractivity contribution in [2.45, 2.75) is 257 Å². The van der Waals surface area contributed by atoms with Crippen LogP contribution in [0.25, 0.3) is 0 Å². The minimum absolute atomic E-state index is 0.0341. The van der Waals surface area contributed by atoms with Crippen molar-refractivity contribution in [3.63, 3.8) is 0 Å². The number of ketones is 2. The molecular formula is C54H88F12O6Si2. The first-order valence-electron chi connectivity index (χ1n) is 31.5. The number of halogens is 12. The summed E-state index contributed by atoms with van der Waals surface area (Å²) in [6.07, 6.45) is -19.4. The minimum Gasteiger partial charge on any atom is -0.413 e. The number of carbonyl (C=O) groups excluding carboxylic acids is 2. The normalized spacial score (nSPS) is 31.1. The highest BCUT2D eigenvalue weighted by molar-refractivity contribution is 6.70. The number of Topliss-reactive ketones (excluding diaryl/α,β-unsaturated/α-hetero) is 2. The van der Waals surface area contributed by atoms with E-state index in [4.69, 9.17) is 25.3 Å². The molecule has 6 nitrogen and oxygen atoms in total. The Hall–Kier alpha value is -1.75. The number of allylic oxidation sites excluding steroid dienone is 2. The summed E-state index contributed by atoms with van der Waals surface area (Å²) in [5, 5.41) is 20.2. The number of hydrogen-bond acceptors (Lipinski definition) is 6. The quantitative estimate of drug-likeness (QED) is 0.0717. The molecule has 0 radical (unpaired) electrons. The molecule has 4 rings (SSSR count). The van der Waals surface area contributed by atoms with Gasteiger partial charge in [0.05, 0.1) is 11.2 Å². The van der Waals surface area contributed by atoms with Crippen LogP contribution < -0.4 is 0 Å². The number of alkyl halides is 12. The molecule has 4 aliphatic carbocycles. The van der Waals surface area contributed by atoms with E-state index in [1.807, 2.05) is 13.8 Å². The third-order valence-corrected chi connectivity index (χ3v) is 18.4. The molecule has 4 unspecified atom stereocenters. The van der Waals surface area contributed by atoms with Crippen LogP contribution in [0.3, 0.4) is 0 Å². The van der Waals surface area contributed by atoms with Gasteiger partial charge in [0.25, 0.3) is 11.2 Å². The van der Waals surface area contributed by atoms with Gasteiger partial charge in [-0.2, -0.15) is 52.7 Å². The van der Waals surface area contributed by atoms with Crippen LogP contribution in [0.5, 0.6) is 0 Å². The van der Waals surface area contributed by atoms with Gasteiger partial charge in [-0.25, -0.2) is 0 Å². The molecule has 0 bridgehead atoms. The Balaban J connectivity index is 0.000000458. The number of rotatable bonds is 20. The molecule has 74 heavy (non-hydrogen) atoms. The van der Waals surface area contributed by atoms with Crippen LogP contribution in [0, 0.1) is 45.3 Å². The van der Waals surface area contributed by atoms with E-state index < -0.39 is 132 Å². The number of hydrogen-bond donors (Lipinski definition) is 2. The summed E-state index contributed by atoms with van der Waals surface area (Å²) < 4.78 is 271. The second kappa shape index (κ2) is 22.8. The molecule has 4 saturated carbocycles. The van der Waals surface area contributed by atoms with Gasteiger partial charge in [0, 0.05) is 41.1 Å². The van der Waals surface area contributed by atoms with Crippen LogP contribution >= 0.6 is 0 Å². The maximum atomic E-state index is 14.3. The monoisotopic (exact) mass is 1130 g/mol. The van der Waals surface area contributed by atoms with Gasteiger partial charge in [-0.3, -0.25) is 9.59 Å². The summed E-state index contributed by atoms with van der Waals surface area (Å²) in [5.74, 6) is -1.23. The Labute approximate surface area is 452 Å². The molecule has 2 N–H and O–H groups in total. The van der Waals surface area contributed by atoms with Crippen LogP contribution in [0.2, 0.25) is 39.3 Å². The molecule has 0 saturated heterocycles. The fourth-order valence-electron chi connectivity index (χ4n) is 13.4. The summed E-state index contributed by atoms with van der Waals surface area (Å²) in [7, 11) is -6.19. The van der Waals surface area contributed by atoms with Crippen LogP contribution in [0.15, 0.2) is 24.3 Å². The highest BCUT2D eigenvalue weighted by Gasteiger charge is 2.72. The largest absolute Gasteiger partial charge is 0.429 e. The molecule has 0 aromatic rings. The zero-order valence-electron chi connectivity index (χ0n) is 56.4. The summed E-state index contributed by atoms with van der Waals surface area (Å²) in [6, 6.07) is 0. The topological polar surface area (TPSA) is 93.1 Å². The third-order valence-electron chi connectivity index (χ3n) is 16.5. The maximum absolute atomic E-state index is 14.3.